The zero-order valence-corrected chi connectivity index (χ0v) is 30.7. The molecule has 0 unspecified atom stereocenters. The first-order chi connectivity index (χ1) is 29.4. The van der Waals surface area contributed by atoms with Gasteiger partial charge >= 0.3 is 0 Å². The fraction of sp³-hybridized carbons (Fsp3) is 0.0612. The van der Waals surface area contributed by atoms with Crippen molar-refractivity contribution in [2.75, 3.05) is 0 Å². The maximum atomic E-state index is 9.07. The lowest BCUT2D eigenvalue weighted by Crippen LogP contribution is -2.14. The van der Waals surface area contributed by atoms with Crippen LogP contribution in [0.15, 0.2) is 152 Å². The van der Waals surface area contributed by atoms with Gasteiger partial charge in [0.15, 0.2) is 0 Å². The van der Waals surface area contributed by atoms with Crippen LogP contribution in [0.5, 0.6) is 0 Å². The van der Waals surface area contributed by atoms with E-state index >= 15 is 0 Å². The van der Waals surface area contributed by atoms with E-state index in [4.69, 9.17) is 19.6 Å². The van der Waals surface area contributed by atoms with Crippen molar-refractivity contribution in [2.24, 2.45) is 0 Å². The zero-order valence-electron chi connectivity index (χ0n) is 36.1. The summed E-state index contributed by atoms with van der Waals surface area (Å²) < 4.78 is 65.7. The predicted molar refractivity (Wildman–Crippen MR) is 231 cm³/mol. The van der Waals surface area contributed by atoms with Crippen LogP contribution in [0.25, 0.3) is 101 Å². The van der Waals surface area contributed by atoms with Crippen molar-refractivity contribution in [1.29, 1.82) is 0 Å². The third-order valence-electron chi connectivity index (χ3n) is 11.2. The second kappa shape index (κ2) is 11.0. The molecule has 7 aromatic carbocycles. The SMILES string of the molecule is [2H]c1c([2H])c([2H])c2c(sc3c(-c4cccc(-c5ncnc6c5sc5ccc(-n7c8ccccc8c8cc9c(cc87)C(C)(C)c7ccccc7-9)cc56)c4)c([2H])c([2H])c([2H])c32)c1[2H]. The van der Waals surface area contributed by atoms with E-state index in [0.717, 1.165) is 59.6 Å². The summed E-state index contributed by atoms with van der Waals surface area (Å²) in [4.78, 5) is 9.66. The maximum absolute atomic E-state index is 9.07. The van der Waals surface area contributed by atoms with Gasteiger partial charge in [-0.3, -0.25) is 0 Å². The molecule has 0 saturated heterocycles. The van der Waals surface area contributed by atoms with Crippen LogP contribution in [0.4, 0.5) is 0 Å². The van der Waals surface area contributed by atoms with E-state index < -0.39 is 6.04 Å². The Labute approximate surface area is 329 Å². The minimum Gasteiger partial charge on any atom is -0.309 e. The molecule has 0 spiro atoms. The number of benzene rings is 7. The van der Waals surface area contributed by atoms with E-state index in [1.807, 2.05) is 24.3 Å². The van der Waals surface area contributed by atoms with E-state index in [-0.39, 0.29) is 52.4 Å². The molecule has 0 atom stereocenters. The van der Waals surface area contributed by atoms with Crippen LogP contribution in [0.1, 0.15) is 34.6 Å². The Balaban J connectivity index is 1.03. The van der Waals surface area contributed by atoms with Crippen LogP contribution < -0.4 is 0 Å². The fourth-order valence-corrected chi connectivity index (χ4v) is 10.9. The van der Waals surface area contributed by atoms with Crippen LogP contribution in [0, 0.1) is 0 Å². The van der Waals surface area contributed by atoms with E-state index in [1.165, 1.54) is 33.0 Å². The summed E-state index contributed by atoms with van der Waals surface area (Å²) in [6.07, 6.45) is 1.59. The minimum absolute atomic E-state index is 0.137. The van der Waals surface area contributed by atoms with Crippen molar-refractivity contribution in [3.8, 4) is 39.2 Å². The van der Waals surface area contributed by atoms with Crippen LogP contribution in [-0.2, 0) is 5.41 Å². The van der Waals surface area contributed by atoms with Gasteiger partial charge in [-0.2, -0.15) is 0 Å². The fourth-order valence-electron chi connectivity index (χ4n) is 8.70. The lowest BCUT2D eigenvalue weighted by molar-refractivity contribution is 0.661. The van der Waals surface area contributed by atoms with Crippen LogP contribution in [0.3, 0.4) is 0 Å². The van der Waals surface area contributed by atoms with Crippen LogP contribution in [-0.4, -0.2) is 14.5 Å². The molecule has 0 bridgehead atoms. The Bertz CT molecular complexity index is 3790. The molecule has 0 amide bonds. The molecule has 1 aliphatic rings. The normalized spacial score (nSPS) is 15.3. The molecule has 0 N–H and O–H groups in total. The first-order valence-corrected chi connectivity index (χ1v) is 19.5. The Morgan fingerprint density at radius 1 is 0.556 bits per heavy atom. The summed E-state index contributed by atoms with van der Waals surface area (Å²) in [6, 6.07) is 34.5. The Morgan fingerprint density at radius 3 is 2.35 bits per heavy atom. The molecule has 54 heavy (non-hydrogen) atoms. The average molecular weight is 733 g/mol. The molecule has 0 aliphatic heterocycles. The van der Waals surface area contributed by atoms with Gasteiger partial charge in [0.1, 0.15) is 6.33 Å². The highest BCUT2D eigenvalue weighted by Gasteiger charge is 2.36. The number of fused-ring (bicyclic) bond motifs is 12. The topological polar surface area (TPSA) is 30.7 Å². The van der Waals surface area contributed by atoms with Crippen LogP contribution >= 0.6 is 22.7 Å². The van der Waals surface area contributed by atoms with Crippen molar-refractivity contribution in [3.05, 3.63) is 163 Å². The van der Waals surface area contributed by atoms with Crippen molar-refractivity contribution in [3.63, 3.8) is 0 Å². The number of para-hydroxylation sites is 1. The molecule has 3 nitrogen and oxygen atoms in total. The van der Waals surface area contributed by atoms with Gasteiger partial charge in [0.25, 0.3) is 0 Å². The monoisotopic (exact) mass is 732 g/mol. The van der Waals surface area contributed by atoms with Crippen molar-refractivity contribution in [1.82, 2.24) is 14.5 Å². The van der Waals surface area contributed by atoms with Gasteiger partial charge in [-0.1, -0.05) is 111 Å². The molecule has 0 fully saturated rings. The minimum atomic E-state index is -0.390. The molecule has 0 saturated carbocycles. The van der Waals surface area contributed by atoms with E-state index in [0.29, 0.717) is 20.5 Å². The largest absolute Gasteiger partial charge is 0.309 e. The summed E-state index contributed by atoms with van der Waals surface area (Å²) in [7, 11) is 0. The smallest absolute Gasteiger partial charge is 0.116 e. The van der Waals surface area contributed by atoms with Gasteiger partial charge in [0.2, 0.25) is 0 Å². The van der Waals surface area contributed by atoms with Crippen LogP contribution in [0.2, 0.25) is 0 Å². The standard InChI is InChI=1S/C49H31N3S2/c1-49(2)39-18-6-3-13-32(39)36-25-37-33-14-4-7-19-41(33)52(42(37)26-40(36)49)30-21-22-44-38(24-30)46-48(54-44)45(50-27-51-46)29-12-9-11-28(23-29)31-16-10-17-35-34-15-5-8-20-43(34)53-47(31)35/h3-27H,1-2H3/i5D,8D,10D,15D,16D,17D,20D. The number of hydrogen-bond acceptors (Lipinski definition) is 4. The van der Waals surface area contributed by atoms with Crippen molar-refractivity contribution < 1.29 is 9.60 Å². The zero-order chi connectivity index (χ0) is 41.8. The number of thiophene rings is 2. The molecule has 1 aliphatic carbocycles. The van der Waals surface area contributed by atoms with Gasteiger partial charge in [-0.25, -0.2) is 9.97 Å². The quantitative estimate of drug-likeness (QED) is 0.181. The van der Waals surface area contributed by atoms with Gasteiger partial charge in [0.05, 0.1) is 36.5 Å². The molecule has 5 heteroatoms. The first kappa shape index (κ1) is 24.2. The summed E-state index contributed by atoms with van der Waals surface area (Å²) in [6.45, 7) is 4.63. The van der Waals surface area contributed by atoms with E-state index in [9.17, 15) is 0 Å². The average Bonchev–Trinajstić information content (AvgIpc) is 4.01. The van der Waals surface area contributed by atoms with E-state index in [1.54, 1.807) is 17.7 Å². The molecular formula is C49H31N3S2. The lowest BCUT2D eigenvalue weighted by atomic mass is 9.82. The van der Waals surface area contributed by atoms with Crippen molar-refractivity contribution in [2.45, 2.75) is 19.3 Å². The predicted octanol–water partition coefficient (Wildman–Crippen LogP) is 13.9. The third-order valence-corrected chi connectivity index (χ3v) is 13.5. The summed E-state index contributed by atoms with van der Waals surface area (Å²) in [5, 5.41) is 3.90. The summed E-state index contributed by atoms with van der Waals surface area (Å²) in [5.41, 5.74) is 11.8. The Morgan fingerprint density at radius 2 is 1.39 bits per heavy atom. The number of rotatable bonds is 3. The number of hydrogen-bond donors (Lipinski definition) is 0. The number of nitrogens with zero attached hydrogens (tertiary/aromatic N) is 3. The molecule has 4 aromatic heterocycles. The Kier molecular flexibility index (Phi) is 4.91. The molecule has 4 heterocycles. The van der Waals surface area contributed by atoms with Gasteiger partial charge in [0, 0.05) is 57.7 Å². The molecule has 12 rings (SSSR count). The highest BCUT2D eigenvalue weighted by Crippen LogP contribution is 2.51. The molecular weight excluding hydrogens is 695 g/mol. The summed E-state index contributed by atoms with van der Waals surface area (Å²) >= 11 is 2.76. The highest BCUT2D eigenvalue weighted by atomic mass is 32.1. The van der Waals surface area contributed by atoms with Gasteiger partial charge < -0.3 is 4.57 Å². The third kappa shape index (κ3) is 4.11. The first-order valence-electron chi connectivity index (χ1n) is 21.3. The lowest BCUT2D eigenvalue weighted by Gasteiger charge is -2.21. The second-order valence-electron chi connectivity index (χ2n) is 14.5. The molecule has 11 aromatic rings. The van der Waals surface area contributed by atoms with Crippen molar-refractivity contribution >= 4 is 85.0 Å². The molecule has 254 valence electrons. The van der Waals surface area contributed by atoms with E-state index in [2.05, 4.69) is 97.3 Å². The second-order valence-corrected chi connectivity index (χ2v) is 16.5. The molecule has 0 radical (unpaired) electrons. The highest BCUT2D eigenvalue weighted by molar-refractivity contribution is 7.26. The maximum Gasteiger partial charge on any atom is 0.116 e. The van der Waals surface area contributed by atoms with Gasteiger partial charge in [-0.15, -0.1) is 22.7 Å². The number of aromatic nitrogens is 3. The summed E-state index contributed by atoms with van der Waals surface area (Å²) in [5.74, 6) is 0. The van der Waals surface area contributed by atoms with Gasteiger partial charge in [-0.05, 0) is 81.9 Å². The Hall–Kier alpha value is -6.14.